The molecule has 0 spiro atoms. The summed E-state index contributed by atoms with van der Waals surface area (Å²) in [5.74, 6) is 0. The second kappa shape index (κ2) is 7.90. The quantitative estimate of drug-likeness (QED) is 0.844. The van der Waals surface area contributed by atoms with E-state index in [-0.39, 0.29) is 6.03 Å². The molecule has 4 heteroatoms. The van der Waals surface area contributed by atoms with E-state index >= 15 is 0 Å². The number of benzene rings is 2. The molecule has 0 bridgehead atoms. The smallest absolute Gasteiger partial charge is 0.317 e. The van der Waals surface area contributed by atoms with Crippen molar-refractivity contribution in [3.05, 3.63) is 65.2 Å². The van der Waals surface area contributed by atoms with Crippen molar-refractivity contribution in [1.82, 2.24) is 10.2 Å². The average molecular weight is 314 g/mol. The maximum atomic E-state index is 12.1. The van der Waals surface area contributed by atoms with Gasteiger partial charge in [0.1, 0.15) is 0 Å². The highest BCUT2D eigenvalue weighted by molar-refractivity contribution is 7.98. The fourth-order valence-corrected chi connectivity index (χ4v) is 2.50. The van der Waals surface area contributed by atoms with E-state index in [2.05, 4.69) is 54.9 Å². The minimum atomic E-state index is -0.0606. The molecule has 0 atom stereocenters. The third kappa shape index (κ3) is 4.81. The van der Waals surface area contributed by atoms with Crippen molar-refractivity contribution in [2.75, 3.05) is 13.3 Å². The monoisotopic (exact) mass is 314 g/mol. The van der Waals surface area contributed by atoms with E-state index in [0.717, 1.165) is 11.1 Å². The molecule has 0 unspecified atom stereocenters. The Labute approximate surface area is 136 Å². The van der Waals surface area contributed by atoms with Crippen LogP contribution in [0.25, 0.3) is 0 Å². The summed E-state index contributed by atoms with van der Waals surface area (Å²) in [6.45, 7) is 3.21. The van der Waals surface area contributed by atoms with Gasteiger partial charge in [0.15, 0.2) is 0 Å². The first-order chi connectivity index (χ1) is 10.6. The predicted molar refractivity (Wildman–Crippen MR) is 93.1 cm³/mol. The fraction of sp³-hybridized carbons (Fsp3) is 0.278. The van der Waals surface area contributed by atoms with E-state index in [1.807, 2.05) is 19.2 Å². The van der Waals surface area contributed by atoms with Gasteiger partial charge in [-0.1, -0.05) is 42.0 Å². The highest BCUT2D eigenvalue weighted by Crippen LogP contribution is 2.15. The summed E-state index contributed by atoms with van der Waals surface area (Å²) in [6.07, 6.45) is 2.06. The van der Waals surface area contributed by atoms with Crippen LogP contribution in [0.2, 0.25) is 0 Å². The average Bonchev–Trinajstić information content (AvgIpc) is 2.54. The molecule has 1 N–H and O–H groups in total. The van der Waals surface area contributed by atoms with Crippen molar-refractivity contribution in [2.24, 2.45) is 0 Å². The van der Waals surface area contributed by atoms with E-state index in [0.29, 0.717) is 13.1 Å². The summed E-state index contributed by atoms with van der Waals surface area (Å²) in [7, 11) is 1.81. The van der Waals surface area contributed by atoms with E-state index < -0.39 is 0 Å². The van der Waals surface area contributed by atoms with Gasteiger partial charge in [-0.05, 0) is 36.4 Å². The molecular weight excluding hydrogens is 292 g/mol. The van der Waals surface area contributed by atoms with Crippen molar-refractivity contribution in [1.29, 1.82) is 0 Å². The fourth-order valence-electron chi connectivity index (χ4n) is 2.10. The van der Waals surface area contributed by atoms with Crippen LogP contribution in [0.5, 0.6) is 0 Å². The standard InChI is InChI=1S/C18H22N2OS/c1-14-4-6-15(7-5-14)12-19-18(21)20(2)13-16-8-10-17(22-3)11-9-16/h4-11H,12-13H2,1-3H3,(H,19,21). The first-order valence-electron chi connectivity index (χ1n) is 7.26. The van der Waals surface area contributed by atoms with Gasteiger partial charge in [0.05, 0.1) is 0 Å². The van der Waals surface area contributed by atoms with Gasteiger partial charge >= 0.3 is 6.03 Å². The first kappa shape index (κ1) is 16.4. The molecule has 0 saturated heterocycles. The van der Waals surface area contributed by atoms with Gasteiger partial charge in [-0.15, -0.1) is 11.8 Å². The van der Waals surface area contributed by atoms with Gasteiger partial charge in [-0.3, -0.25) is 0 Å². The number of aryl methyl sites for hydroxylation is 1. The first-order valence-corrected chi connectivity index (χ1v) is 8.48. The van der Waals surface area contributed by atoms with Crippen LogP contribution in [-0.2, 0) is 13.1 Å². The van der Waals surface area contributed by atoms with Crippen LogP contribution >= 0.6 is 11.8 Å². The Morgan fingerprint density at radius 2 is 1.64 bits per heavy atom. The van der Waals surface area contributed by atoms with Crippen molar-refractivity contribution >= 4 is 17.8 Å². The molecule has 0 radical (unpaired) electrons. The van der Waals surface area contributed by atoms with Crippen molar-refractivity contribution in [2.45, 2.75) is 24.9 Å². The highest BCUT2D eigenvalue weighted by Gasteiger charge is 2.08. The zero-order valence-corrected chi connectivity index (χ0v) is 14.1. The number of nitrogens with zero attached hydrogens (tertiary/aromatic N) is 1. The summed E-state index contributed by atoms with van der Waals surface area (Å²) in [4.78, 5) is 15.0. The molecule has 0 aromatic heterocycles. The molecule has 116 valence electrons. The molecule has 0 aliphatic heterocycles. The Morgan fingerprint density at radius 3 is 2.23 bits per heavy atom. The van der Waals surface area contributed by atoms with E-state index in [9.17, 15) is 4.79 Å². The molecule has 2 rings (SSSR count). The van der Waals surface area contributed by atoms with Crippen LogP contribution in [-0.4, -0.2) is 24.2 Å². The van der Waals surface area contributed by atoms with Crippen LogP contribution in [0.4, 0.5) is 4.79 Å². The molecule has 0 heterocycles. The summed E-state index contributed by atoms with van der Waals surface area (Å²) in [5, 5.41) is 2.94. The number of carbonyl (C=O) groups is 1. The van der Waals surface area contributed by atoms with E-state index in [1.54, 1.807) is 16.7 Å². The number of carbonyl (C=O) groups excluding carboxylic acids is 1. The number of rotatable bonds is 5. The third-order valence-electron chi connectivity index (χ3n) is 3.49. The molecule has 22 heavy (non-hydrogen) atoms. The number of urea groups is 1. The topological polar surface area (TPSA) is 32.3 Å². The molecule has 3 nitrogen and oxygen atoms in total. The Kier molecular flexibility index (Phi) is 5.90. The van der Waals surface area contributed by atoms with E-state index in [4.69, 9.17) is 0 Å². The summed E-state index contributed by atoms with van der Waals surface area (Å²) >= 11 is 1.72. The number of hydrogen-bond donors (Lipinski definition) is 1. The second-order valence-corrected chi connectivity index (χ2v) is 6.23. The van der Waals surface area contributed by atoms with Gasteiger partial charge < -0.3 is 10.2 Å². The normalized spacial score (nSPS) is 10.3. The Hall–Kier alpha value is -1.94. The molecule has 2 amide bonds. The summed E-state index contributed by atoms with van der Waals surface area (Å²) in [5.41, 5.74) is 3.46. The van der Waals surface area contributed by atoms with Gasteiger partial charge in [0, 0.05) is 25.0 Å². The molecular formula is C18H22N2OS. The molecule has 0 saturated carbocycles. The van der Waals surface area contributed by atoms with Crippen LogP contribution in [0.1, 0.15) is 16.7 Å². The van der Waals surface area contributed by atoms with Crippen molar-refractivity contribution in [3.63, 3.8) is 0 Å². The molecule has 0 aliphatic carbocycles. The largest absolute Gasteiger partial charge is 0.334 e. The number of nitrogens with one attached hydrogen (secondary N) is 1. The zero-order valence-electron chi connectivity index (χ0n) is 13.3. The number of hydrogen-bond acceptors (Lipinski definition) is 2. The molecule has 2 aromatic carbocycles. The lowest BCUT2D eigenvalue weighted by atomic mass is 10.1. The lowest BCUT2D eigenvalue weighted by molar-refractivity contribution is 0.206. The lowest BCUT2D eigenvalue weighted by Gasteiger charge is -2.18. The Balaban J connectivity index is 1.84. The van der Waals surface area contributed by atoms with E-state index in [1.165, 1.54) is 10.5 Å². The van der Waals surface area contributed by atoms with Crippen LogP contribution in [0.15, 0.2) is 53.4 Å². The minimum absolute atomic E-state index is 0.0606. The Bertz CT molecular complexity index is 608. The van der Waals surface area contributed by atoms with Gasteiger partial charge in [-0.2, -0.15) is 0 Å². The van der Waals surface area contributed by atoms with Crippen LogP contribution in [0.3, 0.4) is 0 Å². The zero-order chi connectivity index (χ0) is 15.9. The minimum Gasteiger partial charge on any atom is -0.334 e. The maximum Gasteiger partial charge on any atom is 0.317 e. The van der Waals surface area contributed by atoms with Crippen LogP contribution in [0, 0.1) is 6.92 Å². The molecule has 0 aliphatic rings. The molecule has 2 aromatic rings. The number of amides is 2. The van der Waals surface area contributed by atoms with Crippen LogP contribution < -0.4 is 5.32 Å². The lowest BCUT2D eigenvalue weighted by Crippen LogP contribution is -2.36. The van der Waals surface area contributed by atoms with Crippen molar-refractivity contribution < 1.29 is 4.79 Å². The predicted octanol–water partition coefficient (Wildman–Crippen LogP) is 4.06. The number of thioether (sulfide) groups is 1. The third-order valence-corrected chi connectivity index (χ3v) is 4.23. The van der Waals surface area contributed by atoms with Crippen molar-refractivity contribution in [3.8, 4) is 0 Å². The van der Waals surface area contributed by atoms with Gasteiger partial charge in [-0.25, -0.2) is 4.79 Å². The van der Waals surface area contributed by atoms with Gasteiger partial charge in [0.2, 0.25) is 0 Å². The highest BCUT2D eigenvalue weighted by atomic mass is 32.2. The summed E-state index contributed by atoms with van der Waals surface area (Å²) in [6, 6.07) is 16.4. The summed E-state index contributed by atoms with van der Waals surface area (Å²) < 4.78 is 0. The Morgan fingerprint density at radius 1 is 1.05 bits per heavy atom. The molecule has 0 fully saturated rings. The maximum absolute atomic E-state index is 12.1. The SMILES string of the molecule is CSc1ccc(CN(C)C(=O)NCc2ccc(C)cc2)cc1. The van der Waals surface area contributed by atoms with Gasteiger partial charge in [0.25, 0.3) is 0 Å². The second-order valence-electron chi connectivity index (χ2n) is 5.35.